The summed E-state index contributed by atoms with van der Waals surface area (Å²) in [6, 6.07) is 14.7. The fourth-order valence-electron chi connectivity index (χ4n) is 3.85. The van der Waals surface area contributed by atoms with Crippen LogP contribution in [-0.2, 0) is 0 Å². The number of anilines is 2. The molecule has 0 unspecified atom stereocenters. The second kappa shape index (κ2) is 7.82. The van der Waals surface area contributed by atoms with Crippen molar-refractivity contribution in [1.29, 1.82) is 0 Å². The van der Waals surface area contributed by atoms with Gasteiger partial charge < -0.3 is 14.5 Å². The number of piperazine rings is 1. The van der Waals surface area contributed by atoms with Gasteiger partial charge in [0.15, 0.2) is 11.5 Å². The third-order valence-electron chi connectivity index (χ3n) is 5.45. The van der Waals surface area contributed by atoms with E-state index in [4.69, 9.17) is 4.74 Å². The Bertz CT molecular complexity index is 1240. The minimum absolute atomic E-state index is 0.323. The smallest absolute Gasteiger partial charge is 0.188 e. The van der Waals surface area contributed by atoms with Gasteiger partial charge in [-0.15, -0.1) is 15.3 Å². The number of aromatic nitrogens is 4. The predicted octanol–water partition coefficient (Wildman–Crippen LogP) is 3.40. The summed E-state index contributed by atoms with van der Waals surface area (Å²) < 4.78 is 34.7. The molecule has 7 nitrogen and oxygen atoms in total. The van der Waals surface area contributed by atoms with Gasteiger partial charge in [0.05, 0.1) is 18.4 Å². The normalized spacial score (nSPS) is 14.3. The van der Waals surface area contributed by atoms with Crippen LogP contribution < -0.4 is 14.5 Å². The van der Waals surface area contributed by atoms with E-state index >= 15 is 0 Å². The van der Waals surface area contributed by atoms with E-state index in [9.17, 15) is 8.78 Å². The fourth-order valence-corrected chi connectivity index (χ4v) is 3.85. The number of nitrogens with zero attached hydrogens (tertiary/aromatic N) is 6. The Hall–Kier alpha value is -3.75. The third kappa shape index (κ3) is 3.52. The minimum Gasteiger partial charge on any atom is -0.494 e. The molecule has 0 N–H and O–H groups in total. The molecule has 5 rings (SSSR count). The SMILES string of the molecule is COc1cc(F)ccc1N1CCN(c2ccc3nnc(-c4ccccc4F)n3n2)CC1. The third-order valence-corrected chi connectivity index (χ3v) is 5.45. The lowest BCUT2D eigenvalue weighted by molar-refractivity contribution is 0.410. The van der Waals surface area contributed by atoms with Gasteiger partial charge in [-0.05, 0) is 36.4 Å². The minimum atomic E-state index is -0.370. The summed E-state index contributed by atoms with van der Waals surface area (Å²) in [6.07, 6.45) is 0. The first kappa shape index (κ1) is 19.2. The molecule has 1 saturated heterocycles. The lowest BCUT2D eigenvalue weighted by atomic mass is 10.2. The average Bonchev–Trinajstić information content (AvgIpc) is 3.22. The molecular weight excluding hydrogens is 402 g/mol. The molecule has 158 valence electrons. The molecule has 1 aliphatic heterocycles. The summed E-state index contributed by atoms with van der Waals surface area (Å²) >= 11 is 0. The molecule has 3 heterocycles. The first-order valence-corrected chi connectivity index (χ1v) is 9.95. The predicted molar refractivity (Wildman–Crippen MR) is 114 cm³/mol. The number of ether oxygens (including phenoxy) is 1. The van der Waals surface area contributed by atoms with Crippen molar-refractivity contribution in [1.82, 2.24) is 19.8 Å². The molecule has 2 aromatic heterocycles. The molecule has 0 bridgehead atoms. The molecule has 1 fully saturated rings. The van der Waals surface area contributed by atoms with Gasteiger partial charge in [-0.1, -0.05) is 12.1 Å². The highest BCUT2D eigenvalue weighted by Gasteiger charge is 2.22. The highest BCUT2D eigenvalue weighted by atomic mass is 19.1. The molecule has 0 atom stereocenters. The molecule has 0 amide bonds. The number of hydrogen-bond acceptors (Lipinski definition) is 6. The van der Waals surface area contributed by atoms with E-state index < -0.39 is 0 Å². The van der Waals surface area contributed by atoms with Crippen LogP contribution in [0.25, 0.3) is 17.0 Å². The van der Waals surface area contributed by atoms with E-state index in [0.29, 0.717) is 22.8 Å². The van der Waals surface area contributed by atoms with E-state index in [0.717, 1.165) is 37.7 Å². The Balaban J connectivity index is 1.39. The van der Waals surface area contributed by atoms with Gasteiger partial charge in [-0.3, -0.25) is 0 Å². The van der Waals surface area contributed by atoms with E-state index in [2.05, 4.69) is 25.1 Å². The van der Waals surface area contributed by atoms with Crippen molar-refractivity contribution >= 4 is 17.2 Å². The summed E-state index contributed by atoms with van der Waals surface area (Å²) in [4.78, 5) is 4.31. The second-order valence-corrected chi connectivity index (χ2v) is 7.26. The van der Waals surface area contributed by atoms with Crippen LogP contribution in [0.1, 0.15) is 0 Å². The van der Waals surface area contributed by atoms with Gasteiger partial charge >= 0.3 is 0 Å². The van der Waals surface area contributed by atoms with Crippen LogP contribution in [0.4, 0.5) is 20.3 Å². The van der Waals surface area contributed by atoms with Crippen molar-refractivity contribution < 1.29 is 13.5 Å². The van der Waals surface area contributed by atoms with Crippen molar-refractivity contribution in [2.24, 2.45) is 0 Å². The zero-order valence-corrected chi connectivity index (χ0v) is 16.9. The Morgan fingerprint density at radius 1 is 0.871 bits per heavy atom. The van der Waals surface area contributed by atoms with Crippen LogP contribution in [0.15, 0.2) is 54.6 Å². The monoisotopic (exact) mass is 422 g/mol. The molecule has 31 heavy (non-hydrogen) atoms. The van der Waals surface area contributed by atoms with Gasteiger partial charge in [0.25, 0.3) is 0 Å². The highest BCUT2D eigenvalue weighted by molar-refractivity contribution is 5.61. The number of hydrogen-bond donors (Lipinski definition) is 0. The van der Waals surface area contributed by atoms with Gasteiger partial charge in [0.2, 0.25) is 0 Å². The molecule has 0 radical (unpaired) electrons. The average molecular weight is 422 g/mol. The molecule has 0 aliphatic carbocycles. The topological polar surface area (TPSA) is 58.8 Å². The molecule has 9 heteroatoms. The lowest BCUT2D eigenvalue weighted by Crippen LogP contribution is -2.47. The van der Waals surface area contributed by atoms with Crippen LogP contribution >= 0.6 is 0 Å². The Morgan fingerprint density at radius 2 is 1.65 bits per heavy atom. The van der Waals surface area contributed by atoms with Crippen molar-refractivity contribution in [3.8, 4) is 17.1 Å². The van der Waals surface area contributed by atoms with E-state index in [-0.39, 0.29) is 11.6 Å². The molecule has 0 saturated carbocycles. The highest BCUT2D eigenvalue weighted by Crippen LogP contribution is 2.30. The molecular formula is C22H20F2N6O. The maximum atomic E-state index is 14.3. The molecule has 4 aromatic rings. The second-order valence-electron chi connectivity index (χ2n) is 7.26. The quantitative estimate of drug-likeness (QED) is 0.503. The summed E-state index contributed by atoms with van der Waals surface area (Å²) in [5.41, 5.74) is 1.78. The van der Waals surface area contributed by atoms with Crippen LogP contribution in [0.3, 0.4) is 0 Å². The number of halogens is 2. The van der Waals surface area contributed by atoms with Crippen LogP contribution in [0, 0.1) is 11.6 Å². The summed E-state index contributed by atoms with van der Waals surface area (Å²) in [5.74, 6) is 0.953. The molecule has 2 aromatic carbocycles. The zero-order chi connectivity index (χ0) is 21.4. The first-order valence-electron chi connectivity index (χ1n) is 9.95. The van der Waals surface area contributed by atoms with Crippen molar-refractivity contribution in [3.63, 3.8) is 0 Å². The van der Waals surface area contributed by atoms with Gasteiger partial charge in [-0.25, -0.2) is 8.78 Å². The van der Waals surface area contributed by atoms with Gasteiger partial charge in [0, 0.05) is 32.2 Å². The maximum absolute atomic E-state index is 14.3. The number of rotatable bonds is 4. The van der Waals surface area contributed by atoms with E-state index in [1.54, 1.807) is 35.9 Å². The van der Waals surface area contributed by atoms with Gasteiger partial charge in [0.1, 0.15) is 23.2 Å². The Morgan fingerprint density at radius 3 is 2.42 bits per heavy atom. The van der Waals surface area contributed by atoms with E-state index in [1.807, 2.05) is 12.1 Å². The lowest BCUT2D eigenvalue weighted by Gasteiger charge is -2.37. The number of benzene rings is 2. The summed E-state index contributed by atoms with van der Waals surface area (Å²) in [6.45, 7) is 2.89. The Labute approximate surface area is 177 Å². The maximum Gasteiger partial charge on any atom is 0.188 e. The van der Waals surface area contributed by atoms with Crippen molar-refractivity contribution in [3.05, 3.63) is 66.2 Å². The van der Waals surface area contributed by atoms with Crippen LogP contribution in [-0.4, -0.2) is 53.1 Å². The van der Waals surface area contributed by atoms with Crippen LogP contribution in [0.5, 0.6) is 5.75 Å². The van der Waals surface area contributed by atoms with Gasteiger partial charge in [-0.2, -0.15) is 4.52 Å². The molecule has 0 spiro atoms. The fraction of sp³-hybridized carbons (Fsp3) is 0.227. The number of fused-ring (bicyclic) bond motifs is 1. The van der Waals surface area contributed by atoms with E-state index in [1.165, 1.54) is 18.2 Å². The number of methoxy groups -OCH3 is 1. The largest absolute Gasteiger partial charge is 0.494 e. The summed E-state index contributed by atoms with van der Waals surface area (Å²) in [5, 5.41) is 12.9. The van der Waals surface area contributed by atoms with Crippen molar-refractivity contribution in [2.75, 3.05) is 43.1 Å². The zero-order valence-electron chi connectivity index (χ0n) is 16.9. The summed E-state index contributed by atoms with van der Waals surface area (Å²) in [7, 11) is 1.54. The first-order chi connectivity index (χ1) is 15.1. The molecule has 1 aliphatic rings. The van der Waals surface area contributed by atoms with Crippen LogP contribution in [0.2, 0.25) is 0 Å². The van der Waals surface area contributed by atoms with Crippen molar-refractivity contribution in [2.45, 2.75) is 0 Å². The Kier molecular flexibility index (Phi) is 4.85. The standard InChI is InChI=1S/C22H20F2N6O/c1-31-19-14-15(23)6-7-18(19)28-10-12-29(13-11-28)21-9-8-20-25-26-22(30(20)27-21)16-4-2-3-5-17(16)24/h2-9,14H,10-13H2,1H3.